The molecule has 0 aliphatic rings. The molecule has 1 heterocycles. The number of nitrogens with zero attached hydrogens (tertiary/aromatic N) is 1. The number of ether oxygens (including phenoxy) is 1. The highest BCUT2D eigenvalue weighted by Gasteiger charge is 2.07. The quantitative estimate of drug-likeness (QED) is 0.757. The molecule has 0 saturated heterocycles. The number of halogens is 1. The first-order chi connectivity index (χ1) is 6.13. The van der Waals surface area contributed by atoms with Gasteiger partial charge in [-0.1, -0.05) is 17.7 Å². The van der Waals surface area contributed by atoms with Gasteiger partial charge in [-0.25, -0.2) is 4.98 Å². The van der Waals surface area contributed by atoms with Gasteiger partial charge in [0, 0.05) is 12.0 Å². The summed E-state index contributed by atoms with van der Waals surface area (Å²) in [5, 5.41) is 9.57. The molecule has 0 fully saturated rings. The molecular formula is C9H12ClNO2. The SMILES string of the molecule is COc1nc(Cl)ccc1C[C@H](C)O. The lowest BCUT2D eigenvalue weighted by atomic mass is 10.1. The van der Waals surface area contributed by atoms with Gasteiger partial charge in [0.15, 0.2) is 0 Å². The highest BCUT2D eigenvalue weighted by molar-refractivity contribution is 6.29. The fourth-order valence-electron chi connectivity index (χ4n) is 1.10. The molecule has 0 aliphatic carbocycles. The van der Waals surface area contributed by atoms with Crippen molar-refractivity contribution in [2.45, 2.75) is 19.4 Å². The van der Waals surface area contributed by atoms with Crippen molar-refractivity contribution in [2.24, 2.45) is 0 Å². The van der Waals surface area contributed by atoms with E-state index < -0.39 is 6.10 Å². The molecule has 0 saturated carbocycles. The normalized spacial score (nSPS) is 12.6. The van der Waals surface area contributed by atoms with Crippen molar-refractivity contribution < 1.29 is 9.84 Å². The van der Waals surface area contributed by atoms with Crippen molar-refractivity contribution in [2.75, 3.05) is 7.11 Å². The molecule has 0 aliphatic heterocycles. The molecule has 0 spiro atoms. The zero-order chi connectivity index (χ0) is 9.84. The molecule has 1 aromatic rings. The summed E-state index contributed by atoms with van der Waals surface area (Å²) in [6, 6.07) is 3.49. The highest BCUT2D eigenvalue weighted by Crippen LogP contribution is 2.19. The van der Waals surface area contributed by atoms with E-state index in [1.54, 1.807) is 19.1 Å². The van der Waals surface area contributed by atoms with Gasteiger partial charge in [0.1, 0.15) is 5.15 Å². The van der Waals surface area contributed by atoms with E-state index in [4.69, 9.17) is 16.3 Å². The summed E-state index contributed by atoms with van der Waals surface area (Å²) in [6.07, 6.45) is 0.116. The van der Waals surface area contributed by atoms with Crippen molar-refractivity contribution in [3.63, 3.8) is 0 Å². The number of aromatic nitrogens is 1. The Morgan fingerprint density at radius 1 is 1.62 bits per heavy atom. The maximum absolute atomic E-state index is 9.18. The van der Waals surface area contributed by atoms with Crippen molar-refractivity contribution in [1.82, 2.24) is 4.98 Å². The van der Waals surface area contributed by atoms with Crippen molar-refractivity contribution in [3.05, 3.63) is 22.8 Å². The van der Waals surface area contributed by atoms with Crippen LogP contribution in [0.5, 0.6) is 5.88 Å². The van der Waals surface area contributed by atoms with Gasteiger partial charge in [0.05, 0.1) is 13.2 Å². The molecule has 13 heavy (non-hydrogen) atoms. The van der Waals surface area contributed by atoms with Crippen LogP contribution in [-0.4, -0.2) is 23.3 Å². The molecule has 0 amide bonds. The molecule has 1 rings (SSSR count). The predicted octanol–water partition coefficient (Wildman–Crippen LogP) is 1.67. The lowest BCUT2D eigenvalue weighted by Crippen LogP contribution is -2.06. The molecule has 4 heteroatoms. The van der Waals surface area contributed by atoms with E-state index in [2.05, 4.69) is 4.98 Å². The summed E-state index contributed by atoms with van der Waals surface area (Å²) < 4.78 is 5.02. The lowest BCUT2D eigenvalue weighted by Gasteiger charge is -2.08. The van der Waals surface area contributed by atoms with Gasteiger partial charge < -0.3 is 9.84 Å². The van der Waals surface area contributed by atoms with E-state index >= 15 is 0 Å². The van der Waals surface area contributed by atoms with Crippen LogP contribution in [0.3, 0.4) is 0 Å². The number of pyridine rings is 1. The third-order valence-corrected chi connectivity index (χ3v) is 1.82. The van der Waals surface area contributed by atoms with Gasteiger partial charge in [-0.05, 0) is 13.0 Å². The van der Waals surface area contributed by atoms with Gasteiger partial charge in [0.25, 0.3) is 0 Å². The molecule has 0 bridgehead atoms. The molecule has 1 aromatic heterocycles. The molecule has 0 radical (unpaired) electrons. The number of hydrogen-bond donors (Lipinski definition) is 1. The van der Waals surface area contributed by atoms with Crippen LogP contribution < -0.4 is 4.74 Å². The van der Waals surface area contributed by atoms with Crippen LogP contribution in [0.15, 0.2) is 12.1 Å². The van der Waals surface area contributed by atoms with Gasteiger partial charge in [0.2, 0.25) is 5.88 Å². The number of aliphatic hydroxyl groups excluding tert-OH is 1. The zero-order valence-corrected chi connectivity index (χ0v) is 8.38. The van der Waals surface area contributed by atoms with Crippen LogP contribution in [0, 0.1) is 0 Å². The number of hydrogen-bond acceptors (Lipinski definition) is 3. The minimum Gasteiger partial charge on any atom is -0.481 e. The summed E-state index contributed by atoms with van der Waals surface area (Å²) in [5.74, 6) is 0.480. The molecular weight excluding hydrogens is 190 g/mol. The van der Waals surface area contributed by atoms with E-state index in [0.717, 1.165) is 5.56 Å². The van der Waals surface area contributed by atoms with E-state index in [9.17, 15) is 5.11 Å². The van der Waals surface area contributed by atoms with Gasteiger partial charge >= 0.3 is 0 Å². The van der Waals surface area contributed by atoms with Gasteiger partial charge in [-0.2, -0.15) is 0 Å². The largest absolute Gasteiger partial charge is 0.481 e. The second kappa shape index (κ2) is 4.44. The van der Waals surface area contributed by atoms with Crippen molar-refractivity contribution in [1.29, 1.82) is 0 Å². The third-order valence-electron chi connectivity index (χ3n) is 1.61. The summed E-state index contributed by atoms with van der Waals surface area (Å²) in [4.78, 5) is 3.98. The van der Waals surface area contributed by atoms with Crippen LogP contribution in [0.2, 0.25) is 5.15 Å². The summed E-state index contributed by atoms with van der Waals surface area (Å²) >= 11 is 5.68. The van der Waals surface area contributed by atoms with Crippen LogP contribution in [0.4, 0.5) is 0 Å². The van der Waals surface area contributed by atoms with Crippen molar-refractivity contribution in [3.8, 4) is 5.88 Å². The highest BCUT2D eigenvalue weighted by atomic mass is 35.5. The molecule has 1 N–H and O–H groups in total. The smallest absolute Gasteiger partial charge is 0.217 e. The monoisotopic (exact) mass is 201 g/mol. The Labute approximate surface area is 82.3 Å². The van der Waals surface area contributed by atoms with Crippen LogP contribution >= 0.6 is 11.6 Å². The molecule has 1 atom stereocenters. The first-order valence-corrected chi connectivity index (χ1v) is 4.38. The second-order valence-corrected chi connectivity index (χ2v) is 3.24. The van der Waals surface area contributed by atoms with E-state index in [0.29, 0.717) is 17.5 Å². The summed E-state index contributed by atoms with van der Waals surface area (Å²) in [5.41, 5.74) is 0.863. The van der Waals surface area contributed by atoms with Crippen LogP contribution in [0.25, 0.3) is 0 Å². The predicted molar refractivity (Wildman–Crippen MR) is 51.2 cm³/mol. The first-order valence-electron chi connectivity index (χ1n) is 4.01. The number of aliphatic hydroxyl groups is 1. The van der Waals surface area contributed by atoms with E-state index in [-0.39, 0.29) is 0 Å². The molecule has 3 nitrogen and oxygen atoms in total. The van der Waals surface area contributed by atoms with Gasteiger partial charge in [-0.15, -0.1) is 0 Å². The maximum Gasteiger partial charge on any atom is 0.217 e. The van der Waals surface area contributed by atoms with Crippen LogP contribution in [0.1, 0.15) is 12.5 Å². The lowest BCUT2D eigenvalue weighted by molar-refractivity contribution is 0.194. The Balaban J connectivity index is 2.92. The van der Waals surface area contributed by atoms with Crippen molar-refractivity contribution >= 4 is 11.6 Å². The third kappa shape index (κ3) is 2.86. The fraction of sp³-hybridized carbons (Fsp3) is 0.444. The van der Waals surface area contributed by atoms with E-state index in [1.165, 1.54) is 7.11 Å². The van der Waals surface area contributed by atoms with Crippen LogP contribution in [-0.2, 0) is 6.42 Å². The molecule has 72 valence electrons. The standard InChI is InChI=1S/C9H12ClNO2/c1-6(12)5-7-3-4-8(10)11-9(7)13-2/h3-4,6,12H,5H2,1-2H3/t6-/m0/s1. The Bertz CT molecular complexity index is 289. The fourth-order valence-corrected chi connectivity index (χ4v) is 1.24. The van der Waals surface area contributed by atoms with Gasteiger partial charge in [-0.3, -0.25) is 0 Å². The topological polar surface area (TPSA) is 42.4 Å². The summed E-state index contributed by atoms with van der Waals surface area (Å²) in [6.45, 7) is 1.72. The number of methoxy groups -OCH3 is 1. The Morgan fingerprint density at radius 2 is 2.31 bits per heavy atom. The molecule has 0 unspecified atom stereocenters. The maximum atomic E-state index is 9.18. The van der Waals surface area contributed by atoms with E-state index in [1.807, 2.05) is 0 Å². The Morgan fingerprint density at radius 3 is 2.85 bits per heavy atom. The average molecular weight is 202 g/mol. The summed E-state index contributed by atoms with van der Waals surface area (Å²) in [7, 11) is 1.53. The Hall–Kier alpha value is -0.800. The second-order valence-electron chi connectivity index (χ2n) is 2.86. The average Bonchev–Trinajstić information content (AvgIpc) is 2.07. The first kappa shape index (κ1) is 10.3. The minimum atomic E-state index is -0.406. The molecule has 0 aromatic carbocycles. The minimum absolute atomic E-state index is 0.395. The Kier molecular flexibility index (Phi) is 3.51. The number of rotatable bonds is 3. The zero-order valence-electron chi connectivity index (χ0n) is 7.62.